The second-order valence-electron chi connectivity index (χ2n) is 2.84. The van der Waals surface area contributed by atoms with E-state index in [1.807, 2.05) is 5.92 Å². The van der Waals surface area contributed by atoms with E-state index >= 15 is 0 Å². The van der Waals surface area contributed by atoms with Crippen LogP contribution >= 0.6 is 11.6 Å². The highest BCUT2D eigenvalue weighted by Gasteiger charge is 2.20. The maximum absolute atomic E-state index is 11.6. The van der Waals surface area contributed by atoms with Crippen LogP contribution in [0.1, 0.15) is 0 Å². The number of sulfone groups is 1. The van der Waals surface area contributed by atoms with Crippen molar-refractivity contribution in [1.29, 1.82) is 0 Å². The number of hydrogen-bond acceptors (Lipinski definition) is 4. The number of nitrogens with zero attached hydrogens (tertiary/aromatic N) is 1. The zero-order valence-corrected chi connectivity index (χ0v) is 9.46. The zero-order valence-electron chi connectivity index (χ0n) is 7.88. The summed E-state index contributed by atoms with van der Waals surface area (Å²) in [5.74, 6) is 1.42. The van der Waals surface area contributed by atoms with Crippen LogP contribution in [0.25, 0.3) is 0 Å². The average molecular weight is 260 g/mol. The third kappa shape index (κ3) is 2.51. The van der Waals surface area contributed by atoms with Gasteiger partial charge in [0.2, 0.25) is 0 Å². The van der Waals surface area contributed by atoms with Crippen molar-refractivity contribution in [2.24, 2.45) is 0 Å². The maximum Gasteiger partial charge on any atom is 0.270 e. The summed E-state index contributed by atoms with van der Waals surface area (Å²) >= 11 is 5.65. The molecule has 1 rings (SSSR count). The third-order valence-electron chi connectivity index (χ3n) is 1.73. The monoisotopic (exact) mass is 259 g/mol. The molecule has 0 heterocycles. The molecule has 0 aliphatic rings. The van der Waals surface area contributed by atoms with Crippen LogP contribution in [-0.2, 0) is 9.84 Å². The number of hydrogen-bond donors (Lipinski definition) is 0. The lowest BCUT2D eigenvalue weighted by Gasteiger charge is -2.02. The fourth-order valence-electron chi connectivity index (χ4n) is 1.03. The fraction of sp³-hybridized carbons (Fsp3) is 0.111. The lowest BCUT2D eigenvalue weighted by Crippen LogP contribution is -2.06. The predicted molar refractivity (Wildman–Crippen MR) is 59.0 cm³/mol. The van der Waals surface area contributed by atoms with E-state index < -0.39 is 20.5 Å². The Hall–Kier alpha value is -1.58. The molecule has 0 spiro atoms. The molecule has 0 radical (unpaired) electrons. The Labute approximate surface area is 97.1 Å². The number of nitro benzene ring substituents is 1. The summed E-state index contributed by atoms with van der Waals surface area (Å²) in [6.45, 7) is 0. The van der Waals surface area contributed by atoms with Gasteiger partial charge < -0.3 is 0 Å². The van der Waals surface area contributed by atoms with Crippen molar-refractivity contribution >= 4 is 27.1 Å². The van der Waals surface area contributed by atoms with E-state index in [-0.39, 0.29) is 15.6 Å². The van der Waals surface area contributed by atoms with E-state index in [0.29, 0.717) is 0 Å². The van der Waals surface area contributed by atoms with E-state index in [2.05, 4.69) is 0 Å². The smallest absolute Gasteiger partial charge is 0.258 e. The molecule has 0 saturated heterocycles. The molecule has 7 heteroatoms. The Morgan fingerprint density at radius 1 is 1.50 bits per heavy atom. The summed E-state index contributed by atoms with van der Waals surface area (Å²) in [4.78, 5) is 9.46. The summed E-state index contributed by atoms with van der Waals surface area (Å²) < 4.78 is 23.2. The van der Waals surface area contributed by atoms with Crippen LogP contribution in [0.4, 0.5) is 5.69 Å². The topological polar surface area (TPSA) is 77.3 Å². The minimum absolute atomic E-state index is 0.0825. The number of non-ortho nitro benzene ring substituents is 1. The molecular weight excluding hydrogens is 254 g/mol. The molecule has 5 nitrogen and oxygen atoms in total. The maximum atomic E-state index is 11.6. The van der Waals surface area contributed by atoms with Gasteiger partial charge in [0.05, 0.1) is 14.8 Å². The van der Waals surface area contributed by atoms with Crippen LogP contribution in [0.5, 0.6) is 0 Å². The first-order valence-electron chi connectivity index (χ1n) is 3.98. The summed E-state index contributed by atoms with van der Waals surface area (Å²) in [6.07, 6.45) is 4.89. The summed E-state index contributed by atoms with van der Waals surface area (Å²) in [7, 11) is -3.77. The van der Waals surface area contributed by atoms with Gasteiger partial charge in [0, 0.05) is 12.1 Å². The number of halogens is 1. The van der Waals surface area contributed by atoms with E-state index in [1.54, 1.807) is 0 Å². The molecule has 1 aromatic rings. The lowest BCUT2D eigenvalue weighted by atomic mass is 10.3. The molecule has 16 heavy (non-hydrogen) atoms. The normalized spacial score (nSPS) is 10.8. The highest BCUT2D eigenvalue weighted by Crippen LogP contribution is 2.26. The first-order valence-corrected chi connectivity index (χ1v) is 6.01. The zero-order chi connectivity index (χ0) is 12.3. The molecule has 0 aliphatic carbocycles. The molecular formula is C9H6ClNO4S. The molecule has 0 amide bonds. The van der Waals surface area contributed by atoms with Crippen molar-refractivity contribution in [2.45, 2.75) is 4.90 Å². The van der Waals surface area contributed by atoms with Crippen LogP contribution in [0, 0.1) is 22.5 Å². The molecule has 84 valence electrons. The minimum Gasteiger partial charge on any atom is -0.258 e. The van der Waals surface area contributed by atoms with E-state index in [9.17, 15) is 18.5 Å². The first-order chi connectivity index (χ1) is 7.38. The van der Waals surface area contributed by atoms with Crippen molar-refractivity contribution in [1.82, 2.24) is 0 Å². The Bertz CT molecular complexity index is 574. The minimum atomic E-state index is -3.77. The van der Waals surface area contributed by atoms with Gasteiger partial charge in [-0.15, -0.1) is 6.42 Å². The Balaban J connectivity index is 3.40. The standard InChI is InChI=1S/C9H6ClNO4S/c1-2-5-16(14,15)9-6-7(11(12)13)3-4-8(9)10/h1,3-4,6H,5H2. The van der Waals surface area contributed by atoms with Crippen molar-refractivity contribution in [3.63, 3.8) is 0 Å². The summed E-state index contributed by atoms with van der Waals surface area (Å²) in [5.41, 5.74) is -0.347. The summed E-state index contributed by atoms with van der Waals surface area (Å²) in [5, 5.41) is 10.4. The van der Waals surface area contributed by atoms with Crippen molar-refractivity contribution in [3.8, 4) is 12.3 Å². The second kappa shape index (κ2) is 4.51. The third-order valence-corrected chi connectivity index (χ3v) is 3.73. The van der Waals surface area contributed by atoms with Crippen LogP contribution in [0.3, 0.4) is 0 Å². The van der Waals surface area contributed by atoms with Gasteiger partial charge in [0.25, 0.3) is 5.69 Å². The fourth-order valence-corrected chi connectivity index (χ4v) is 2.54. The molecule has 0 bridgehead atoms. The van der Waals surface area contributed by atoms with Gasteiger partial charge in [-0.1, -0.05) is 17.5 Å². The molecule has 0 fully saturated rings. The Kier molecular flexibility index (Phi) is 3.52. The molecule has 0 aliphatic heterocycles. The number of rotatable bonds is 3. The van der Waals surface area contributed by atoms with E-state index in [1.165, 1.54) is 0 Å². The van der Waals surface area contributed by atoms with Gasteiger partial charge >= 0.3 is 0 Å². The highest BCUT2D eigenvalue weighted by atomic mass is 35.5. The molecule has 0 aromatic heterocycles. The van der Waals surface area contributed by atoms with Gasteiger partial charge in [-0.3, -0.25) is 10.1 Å². The average Bonchev–Trinajstić information content (AvgIpc) is 2.17. The van der Waals surface area contributed by atoms with E-state index in [4.69, 9.17) is 18.0 Å². The van der Waals surface area contributed by atoms with Crippen LogP contribution < -0.4 is 0 Å². The number of terminal acetylenes is 1. The number of nitro groups is 1. The predicted octanol–water partition coefficient (Wildman–Crippen LogP) is 1.66. The van der Waals surface area contributed by atoms with Gasteiger partial charge in [-0.2, -0.15) is 0 Å². The Morgan fingerprint density at radius 2 is 2.12 bits per heavy atom. The van der Waals surface area contributed by atoms with Gasteiger partial charge in [0.15, 0.2) is 9.84 Å². The van der Waals surface area contributed by atoms with E-state index in [0.717, 1.165) is 18.2 Å². The van der Waals surface area contributed by atoms with Gasteiger partial charge in [0.1, 0.15) is 5.75 Å². The van der Waals surface area contributed by atoms with Crippen molar-refractivity contribution in [2.75, 3.05) is 5.75 Å². The first kappa shape index (κ1) is 12.5. The highest BCUT2D eigenvalue weighted by molar-refractivity contribution is 7.91. The molecule has 0 saturated carbocycles. The number of benzene rings is 1. The second-order valence-corrected chi connectivity index (χ2v) is 5.20. The van der Waals surface area contributed by atoms with Crippen LogP contribution in [-0.4, -0.2) is 19.1 Å². The quantitative estimate of drug-likeness (QED) is 0.470. The lowest BCUT2D eigenvalue weighted by molar-refractivity contribution is -0.385. The molecule has 0 unspecified atom stereocenters. The molecule has 0 atom stereocenters. The SMILES string of the molecule is C#CCS(=O)(=O)c1cc([N+](=O)[O-])ccc1Cl. The largest absolute Gasteiger partial charge is 0.270 e. The van der Waals surface area contributed by atoms with Gasteiger partial charge in [-0.05, 0) is 6.07 Å². The molecule has 1 aromatic carbocycles. The summed E-state index contributed by atoms with van der Waals surface area (Å²) in [6, 6.07) is 3.18. The Morgan fingerprint density at radius 3 is 2.62 bits per heavy atom. The van der Waals surface area contributed by atoms with Crippen molar-refractivity contribution in [3.05, 3.63) is 33.3 Å². The van der Waals surface area contributed by atoms with Crippen LogP contribution in [0.2, 0.25) is 5.02 Å². The van der Waals surface area contributed by atoms with Gasteiger partial charge in [-0.25, -0.2) is 8.42 Å². The van der Waals surface area contributed by atoms with Crippen LogP contribution in [0.15, 0.2) is 23.1 Å². The molecule has 0 N–H and O–H groups in total. The van der Waals surface area contributed by atoms with Crippen molar-refractivity contribution < 1.29 is 13.3 Å².